The Morgan fingerprint density at radius 3 is 2.68 bits per heavy atom. The number of halogens is 2. The number of hydrogen-bond donors (Lipinski definition) is 1. The van der Waals surface area contributed by atoms with E-state index in [-0.39, 0.29) is 0 Å². The normalized spacial score (nSPS) is 10.5. The third-order valence-corrected chi connectivity index (χ3v) is 3.25. The summed E-state index contributed by atoms with van der Waals surface area (Å²) in [5.41, 5.74) is 0. The van der Waals surface area contributed by atoms with Crippen molar-refractivity contribution in [3.05, 3.63) is 41.7 Å². The highest BCUT2D eigenvalue weighted by Gasteiger charge is 2.08. The molecule has 0 amide bonds. The quantitative estimate of drug-likeness (QED) is 0.868. The maximum atomic E-state index is 13.6. The van der Waals surface area contributed by atoms with Gasteiger partial charge in [-0.25, -0.2) is 18.7 Å². The molecule has 1 heterocycles. The summed E-state index contributed by atoms with van der Waals surface area (Å²) in [6.45, 7) is 4.47. The SMILES string of the molecule is CCNc1cc(Sc2ccc(F)cc2F)nc(C)n1. The lowest BCUT2D eigenvalue weighted by atomic mass is 10.3. The molecule has 100 valence electrons. The fourth-order valence-electron chi connectivity index (χ4n) is 1.53. The highest BCUT2D eigenvalue weighted by atomic mass is 32.2. The zero-order valence-electron chi connectivity index (χ0n) is 10.6. The maximum Gasteiger partial charge on any atom is 0.140 e. The Bertz CT molecular complexity index is 590. The van der Waals surface area contributed by atoms with E-state index >= 15 is 0 Å². The van der Waals surface area contributed by atoms with Crippen LogP contribution in [-0.2, 0) is 0 Å². The molecule has 1 N–H and O–H groups in total. The molecule has 2 rings (SSSR count). The van der Waals surface area contributed by atoms with Gasteiger partial charge in [0.25, 0.3) is 0 Å². The minimum absolute atomic E-state index is 0.335. The predicted molar refractivity (Wildman–Crippen MR) is 71.4 cm³/mol. The molecule has 0 bridgehead atoms. The lowest BCUT2D eigenvalue weighted by Crippen LogP contribution is -2.02. The van der Waals surface area contributed by atoms with E-state index < -0.39 is 11.6 Å². The van der Waals surface area contributed by atoms with Crippen LogP contribution in [0.2, 0.25) is 0 Å². The Kier molecular flexibility index (Phi) is 4.31. The van der Waals surface area contributed by atoms with Crippen LogP contribution in [0.5, 0.6) is 0 Å². The maximum absolute atomic E-state index is 13.6. The molecule has 0 radical (unpaired) electrons. The largest absolute Gasteiger partial charge is 0.370 e. The molecular weight excluding hydrogens is 268 g/mol. The van der Waals surface area contributed by atoms with E-state index in [1.165, 1.54) is 12.1 Å². The Labute approximate surface area is 114 Å². The second-order valence-corrected chi connectivity index (χ2v) is 4.91. The summed E-state index contributed by atoms with van der Waals surface area (Å²) in [4.78, 5) is 8.77. The lowest BCUT2D eigenvalue weighted by Gasteiger charge is -2.07. The van der Waals surface area contributed by atoms with E-state index in [1.54, 1.807) is 13.0 Å². The number of benzene rings is 1. The van der Waals surface area contributed by atoms with Gasteiger partial charge in [-0.3, -0.25) is 0 Å². The Balaban J connectivity index is 2.27. The van der Waals surface area contributed by atoms with Crippen LogP contribution >= 0.6 is 11.8 Å². The van der Waals surface area contributed by atoms with Crippen LogP contribution in [0.1, 0.15) is 12.7 Å². The second-order valence-electron chi connectivity index (χ2n) is 3.85. The average Bonchev–Trinajstić information content (AvgIpc) is 2.32. The fourth-order valence-corrected chi connectivity index (χ4v) is 2.40. The van der Waals surface area contributed by atoms with Gasteiger partial charge in [0.05, 0.1) is 0 Å². The van der Waals surface area contributed by atoms with Gasteiger partial charge in [-0.05, 0) is 26.0 Å². The van der Waals surface area contributed by atoms with Crippen LogP contribution in [0.4, 0.5) is 14.6 Å². The van der Waals surface area contributed by atoms with Crippen molar-refractivity contribution in [2.24, 2.45) is 0 Å². The second kappa shape index (κ2) is 5.97. The van der Waals surface area contributed by atoms with E-state index in [2.05, 4.69) is 15.3 Å². The molecule has 3 nitrogen and oxygen atoms in total. The van der Waals surface area contributed by atoms with Gasteiger partial charge >= 0.3 is 0 Å². The first kappa shape index (κ1) is 13.7. The van der Waals surface area contributed by atoms with E-state index in [9.17, 15) is 8.78 Å². The van der Waals surface area contributed by atoms with Crippen molar-refractivity contribution in [2.45, 2.75) is 23.8 Å². The first-order chi connectivity index (χ1) is 9.08. The number of aryl methyl sites for hydroxylation is 1. The van der Waals surface area contributed by atoms with Crippen molar-refractivity contribution < 1.29 is 8.78 Å². The van der Waals surface area contributed by atoms with E-state index in [4.69, 9.17) is 0 Å². The van der Waals surface area contributed by atoms with Crippen molar-refractivity contribution in [2.75, 3.05) is 11.9 Å². The zero-order chi connectivity index (χ0) is 13.8. The standard InChI is InChI=1S/C13H13F2N3S/c1-3-16-12-7-13(18-8(2)17-12)19-11-5-4-9(14)6-10(11)15/h4-7H,3H2,1-2H3,(H,16,17,18). The molecule has 0 saturated carbocycles. The van der Waals surface area contributed by atoms with Crippen molar-refractivity contribution >= 4 is 17.6 Å². The van der Waals surface area contributed by atoms with Crippen LogP contribution in [0.15, 0.2) is 34.2 Å². The smallest absolute Gasteiger partial charge is 0.140 e. The molecular formula is C13H13F2N3S. The third-order valence-electron chi connectivity index (χ3n) is 2.28. The summed E-state index contributed by atoms with van der Waals surface area (Å²) in [6, 6.07) is 5.23. The molecule has 2 aromatic rings. The molecule has 0 atom stereocenters. The van der Waals surface area contributed by atoms with Crippen LogP contribution in [0.3, 0.4) is 0 Å². The van der Waals surface area contributed by atoms with Crippen molar-refractivity contribution in [1.82, 2.24) is 9.97 Å². The topological polar surface area (TPSA) is 37.8 Å². The number of anilines is 1. The number of nitrogens with one attached hydrogen (secondary N) is 1. The molecule has 0 aliphatic heterocycles. The number of nitrogens with zero attached hydrogens (tertiary/aromatic N) is 2. The van der Waals surface area contributed by atoms with Gasteiger partial charge in [0.15, 0.2) is 0 Å². The first-order valence-electron chi connectivity index (χ1n) is 5.81. The summed E-state index contributed by atoms with van der Waals surface area (Å²) in [5, 5.41) is 3.70. The van der Waals surface area contributed by atoms with Crippen molar-refractivity contribution in [3.63, 3.8) is 0 Å². The van der Waals surface area contributed by atoms with Crippen LogP contribution in [0.25, 0.3) is 0 Å². The minimum atomic E-state index is -0.591. The monoisotopic (exact) mass is 281 g/mol. The lowest BCUT2D eigenvalue weighted by molar-refractivity contribution is 0.565. The molecule has 1 aromatic heterocycles. The Morgan fingerprint density at radius 1 is 1.21 bits per heavy atom. The summed E-state index contributed by atoms with van der Waals surface area (Å²) < 4.78 is 26.4. The fraction of sp³-hybridized carbons (Fsp3) is 0.231. The Hall–Kier alpha value is -1.69. The van der Waals surface area contributed by atoms with Gasteiger partial charge in [-0.15, -0.1) is 0 Å². The summed E-state index contributed by atoms with van der Waals surface area (Å²) in [5.74, 6) is 0.115. The van der Waals surface area contributed by atoms with E-state index in [0.29, 0.717) is 21.6 Å². The molecule has 19 heavy (non-hydrogen) atoms. The van der Waals surface area contributed by atoms with Crippen LogP contribution in [-0.4, -0.2) is 16.5 Å². The molecule has 0 spiro atoms. The van der Waals surface area contributed by atoms with Gasteiger partial charge in [-0.2, -0.15) is 0 Å². The molecule has 0 saturated heterocycles. The minimum Gasteiger partial charge on any atom is -0.370 e. The number of aromatic nitrogens is 2. The van der Waals surface area contributed by atoms with Crippen molar-refractivity contribution in [1.29, 1.82) is 0 Å². The Morgan fingerprint density at radius 2 is 2.00 bits per heavy atom. The predicted octanol–water partition coefficient (Wildman–Crippen LogP) is 3.65. The summed E-state index contributed by atoms with van der Waals surface area (Å²) in [7, 11) is 0. The number of hydrogen-bond acceptors (Lipinski definition) is 4. The van der Waals surface area contributed by atoms with Crippen molar-refractivity contribution in [3.8, 4) is 0 Å². The molecule has 0 unspecified atom stereocenters. The van der Waals surface area contributed by atoms with Gasteiger partial charge in [0.2, 0.25) is 0 Å². The van der Waals surface area contributed by atoms with E-state index in [1.807, 2.05) is 6.92 Å². The van der Waals surface area contributed by atoms with Gasteiger partial charge in [-0.1, -0.05) is 11.8 Å². The third kappa shape index (κ3) is 3.64. The van der Waals surface area contributed by atoms with Crippen LogP contribution in [0, 0.1) is 18.6 Å². The molecule has 0 aliphatic rings. The highest BCUT2D eigenvalue weighted by Crippen LogP contribution is 2.29. The van der Waals surface area contributed by atoms with Gasteiger partial charge < -0.3 is 5.32 Å². The molecule has 1 aromatic carbocycles. The van der Waals surface area contributed by atoms with Gasteiger partial charge in [0, 0.05) is 23.6 Å². The first-order valence-corrected chi connectivity index (χ1v) is 6.62. The van der Waals surface area contributed by atoms with E-state index in [0.717, 1.165) is 24.4 Å². The molecule has 0 aliphatic carbocycles. The summed E-state index contributed by atoms with van der Waals surface area (Å²) >= 11 is 1.14. The zero-order valence-corrected chi connectivity index (χ0v) is 11.4. The molecule has 6 heteroatoms. The molecule has 0 fully saturated rings. The summed E-state index contributed by atoms with van der Waals surface area (Å²) in [6.07, 6.45) is 0. The van der Waals surface area contributed by atoms with Gasteiger partial charge in [0.1, 0.15) is 28.3 Å². The highest BCUT2D eigenvalue weighted by molar-refractivity contribution is 7.99. The number of rotatable bonds is 4. The van der Waals surface area contributed by atoms with Crippen LogP contribution < -0.4 is 5.32 Å². The average molecular weight is 281 g/mol.